The molecule has 2 amide bonds. The number of fused-ring (bicyclic) bond motifs is 1. The van der Waals surface area contributed by atoms with Crippen LogP contribution in [-0.2, 0) is 4.74 Å². The molecule has 1 unspecified atom stereocenters. The molecule has 1 aromatic heterocycles. The molecule has 2 aliphatic rings. The van der Waals surface area contributed by atoms with Crippen LogP contribution in [0.2, 0.25) is 0 Å². The number of ether oxygens (including phenoxy) is 1. The van der Waals surface area contributed by atoms with Crippen molar-refractivity contribution in [3.63, 3.8) is 0 Å². The second-order valence-corrected chi connectivity index (χ2v) is 5.74. The Hall–Kier alpha value is -1.70. The van der Waals surface area contributed by atoms with Gasteiger partial charge in [-0.3, -0.25) is 9.69 Å². The summed E-state index contributed by atoms with van der Waals surface area (Å²) in [6.45, 7) is 5.65. The van der Waals surface area contributed by atoms with Crippen LogP contribution in [0.4, 0.5) is 4.79 Å². The average Bonchev–Trinajstić information content (AvgIpc) is 3.03. The molecular formula is C12H16N4O3S. The lowest BCUT2D eigenvalue weighted by atomic mass is 9.92. The number of aryl methyl sites for hydroxylation is 1. The Morgan fingerprint density at radius 2 is 2.25 bits per heavy atom. The van der Waals surface area contributed by atoms with Gasteiger partial charge in [0.1, 0.15) is 6.61 Å². The van der Waals surface area contributed by atoms with E-state index in [4.69, 9.17) is 4.74 Å². The number of rotatable bonds is 2. The van der Waals surface area contributed by atoms with E-state index in [1.165, 1.54) is 0 Å². The predicted molar refractivity (Wildman–Crippen MR) is 71.6 cm³/mol. The van der Waals surface area contributed by atoms with Crippen molar-refractivity contribution in [2.75, 3.05) is 26.2 Å². The molecule has 0 aliphatic carbocycles. The van der Waals surface area contributed by atoms with Crippen LogP contribution >= 0.6 is 11.7 Å². The van der Waals surface area contributed by atoms with Gasteiger partial charge in [-0.05, 0) is 13.3 Å². The molecule has 3 rings (SSSR count). The zero-order chi connectivity index (χ0) is 14.3. The van der Waals surface area contributed by atoms with E-state index in [1.54, 1.807) is 16.7 Å². The monoisotopic (exact) mass is 296 g/mol. The third kappa shape index (κ3) is 1.86. The highest BCUT2D eigenvalue weighted by molar-refractivity contribution is 6.99. The molecule has 2 aliphatic heterocycles. The van der Waals surface area contributed by atoms with E-state index >= 15 is 0 Å². The highest BCUT2D eigenvalue weighted by Gasteiger charge is 2.50. The standard InChI is InChI=1S/C12H16N4O3S/c1-3-12-6-15(4-5-16(12)11(18)19-7-12)10(17)9-8(2)13-20-14-9/h3-7H2,1-2H3. The van der Waals surface area contributed by atoms with Crippen LogP contribution < -0.4 is 0 Å². The third-order valence-corrected chi connectivity index (χ3v) is 4.76. The number of aromatic nitrogens is 2. The fraction of sp³-hybridized carbons (Fsp3) is 0.667. The molecule has 0 aromatic carbocycles. The van der Waals surface area contributed by atoms with Crippen molar-refractivity contribution in [3.05, 3.63) is 11.4 Å². The van der Waals surface area contributed by atoms with Crippen molar-refractivity contribution < 1.29 is 14.3 Å². The van der Waals surface area contributed by atoms with Crippen LogP contribution in [0.15, 0.2) is 0 Å². The number of carbonyl (C=O) groups is 2. The smallest absolute Gasteiger partial charge is 0.410 e. The number of piperazine rings is 1. The van der Waals surface area contributed by atoms with Gasteiger partial charge in [0.05, 0.1) is 23.0 Å². The summed E-state index contributed by atoms with van der Waals surface area (Å²) >= 11 is 1.05. The van der Waals surface area contributed by atoms with Crippen LogP contribution in [0.25, 0.3) is 0 Å². The van der Waals surface area contributed by atoms with E-state index in [9.17, 15) is 9.59 Å². The Bertz CT molecular complexity index is 561. The van der Waals surface area contributed by atoms with Crippen LogP contribution in [0.1, 0.15) is 29.5 Å². The molecule has 1 aromatic rings. The van der Waals surface area contributed by atoms with Crippen LogP contribution in [0.3, 0.4) is 0 Å². The number of cyclic esters (lactones) is 1. The number of hydrogen-bond donors (Lipinski definition) is 0. The largest absolute Gasteiger partial charge is 0.447 e. The zero-order valence-corrected chi connectivity index (χ0v) is 12.3. The Labute approximate surface area is 120 Å². The fourth-order valence-corrected chi connectivity index (χ4v) is 3.36. The highest BCUT2D eigenvalue weighted by Crippen LogP contribution is 2.32. The first-order valence-corrected chi connectivity index (χ1v) is 7.33. The van der Waals surface area contributed by atoms with E-state index < -0.39 is 0 Å². The molecule has 7 nitrogen and oxygen atoms in total. The van der Waals surface area contributed by atoms with Gasteiger partial charge in [0, 0.05) is 19.6 Å². The summed E-state index contributed by atoms with van der Waals surface area (Å²) in [6.07, 6.45) is 0.488. The molecule has 0 bridgehead atoms. The quantitative estimate of drug-likeness (QED) is 0.810. The van der Waals surface area contributed by atoms with Crippen LogP contribution in [0, 0.1) is 6.92 Å². The van der Waals surface area contributed by atoms with Crippen molar-refractivity contribution in [1.82, 2.24) is 18.5 Å². The lowest BCUT2D eigenvalue weighted by Crippen LogP contribution is -2.62. The first kappa shape index (κ1) is 13.3. The topological polar surface area (TPSA) is 75.6 Å². The van der Waals surface area contributed by atoms with Crippen molar-refractivity contribution in [2.45, 2.75) is 25.8 Å². The van der Waals surface area contributed by atoms with Crippen molar-refractivity contribution in [1.29, 1.82) is 0 Å². The fourth-order valence-electron chi connectivity index (χ4n) is 2.81. The lowest BCUT2D eigenvalue weighted by molar-refractivity contribution is 0.0357. The molecule has 20 heavy (non-hydrogen) atoms. The van der Waals surface area contributed by atoms with Crippen LogP contribution in [0.5, 0.6) is 0 Å². The Morgan fingerprint density at radius 3 is 2.90 bits per heavy atom. The molecule has 108 valence electrons. The van der Waals surface area contributed by atoms with Crippen LogP contribution in [-0.4, -0.2) is 62.3 Å². The van der Waals surface area contributed by atoms with Gasteiger partial charge in [-0.15, -0.1) is 0 Å². The first-order chi connectivity index (χ1) is 9.57. The normalized spacial score (nSPS) is 25.6. The maximum atomic E-state index is 12.5. The molecule has 0 N–H and O–H groups in total. The maximum absolute atomic E-state index is 12.5. The second kappa shape index (κ2) is 4.69. The van der Waals surface area contributed by atoms with Gasteiger partial charge < -0.3 is 9.64 Å². The molecule has 2 fully saturated rings. The SMILES string of the molecule is CCC12COC(=O)N1CCN(C(=O)c1nsnc1C)C2. The molecule has 0 radical (unpaired) electrons. The minimum atomic E-state index is -0.387. The van der Waals surface area contributed by atoms with Crippen molar-refractivity contribution >= 4 is 23.7 Å². The van der Waals surface area contributed by atoms with E-state index in [0.717, 1.165) is 18.1 Å². The predicted octanol–water partition coefficient (Wildman–Crippen LogP) is 0.903. The maximum Gasteiger partial charge on any atom is 0.410 e. The highest BCUT2D eigenvalue weighted by atomic mass is 32.1. The molecule has 3 heterocycles. The molecule has 0 spiro atoms. The third-order valence-electron chi connectivity index (χ3n) is 4.14. The number of nitrogens with zero attached hydrogens (tertiary/aromatic N) is 4. The van der Waals surface area contributed by atoms with Crippen molar-refractivity contribution in [3.8, 4) is 0 Å². The molecule has 0 saturated carbocycles. The van der Waals surface area contributed by atoms with Gasteiger partial charge in [-0.1, -0.05) is 6.92 Å². The number of hydrogen-bond acceptors (Lipinski definition) is 6. The van der Waals surface area contributed by atoms with Crippen molar-refractivity contribution in [2.24, 2.45) is 0 Å². The molecule has 8 heteroatoms. The average molecular weight is 296 g/mol. The van der Waals surface area contributed by atoms with E-state index in [2.05, 4.69) is 8.75 Å². The second-order valence-electron chi connectivity index (χ2n) is 5.21. The Balaban J connectivity index is 1.83. The number of amides is 2. The zero-order valence-electron chi connectivity index (χ0n) is 11.5. The summed E-state index contributed by atoms with van der Waals surface area (Å²) in [4.78, 5) is 27.7. The summed E-state index contributed by atoms with van der Waals surface area (Å²) in [5, 5.41) is 0. The van der Waals surface area contributed by atoms with Gasteiger partial charge in [0.15, 0.2) is 5.69 Å². The van der Waals surface area contributed by atoms with E-state index in [-0.39, 0.29) is 17.5 Å². The van der Waals surface area contributed by atoms with Gasteiger partial charge >= 0.3 is 6.09 Å². The summed E-state index contributed by atoms with van der Waals surface area (Å²) in [6, 6.07) is 0. The Morgan fingerprint density at radius 1 is 1.45 bits per heavy atom. The molecular weight excluding hydrogens is 280 g/mol. The molecule has 2 saturated heterocycles. The summed E-state index contributed by atoms with van der Waals surface area (Å²) in [5.74, 6) is -0.108. The summed E-state index contributed by atoms with van der Waals surface area (Å²) in [7, 11) is 0. The minimum Gasteiger partial charge on any atom is -0.447 e. The number of carbonyl (C=O) groups excluding carboxylic acids is 2. The molecule has 1 atom stereocenters. The minimum absolute atomic E-state index is 0.108. The van der Waals surface area contributed by atoms with Gasteiger partial charge in [-0.25, -0.2) is 4.79 Å². The van der Waals surface area contributed by atoms with E-state index in [1.807, 2.05) is 6.92 Å². The lowest BCUT2D eigenvalue weighted by Gasteiger charge is -2.44. The van der Waals surface area contributed by atoms with E-state index in [0.29, 0.717) is 37.6 Å². The van der Waals surface area contributed by atoms with Gasteiger partial charge in [0.25, 0.3) is 5.91 Å². The summed E-state index contributed by atoms with van der Waals surface area (Å²) < 4.78 is 13.3. The van der Waals surface area contributed by atoms with Gasteiger partial charge in [0.2, 0.25) is 0 Å². The summed E-state index contributed by atoms with van der Waals surface area (Å²) in [5.41, 5.74) is 0.689. The Kier molecular flexibility index (Phi) is 3.12. The van der Waals surface area contributed by atoms with Gasteiger partial charge in [-0.2, -0.15) is 8.75 Å². The first-order valence-electron chi connectivity index (χ1n) is 6.60.